The van der Waals surface area contributed by atoms with E-state index in [-0.39, 0.29) is 23.5 Å². The van der Waals surface area contributed by atoms with Gasteiger partial charge in [-0.05, 0) is 55.3 Å². The van der Waals surface area contributed by atoms with Crippen molar-refractivity contribution in [2.24, 2.45) is 0 Å². The van der Waals surface area contributed by atoms with Gasteiger partial charge in [0.25, 0.3) is 0 Å². The van der Waals surface area contributed by atoms with Gasteiger partial charge in [-0.3, -0.25) is 4.79 Å². The highest BCUT2D eigenvalue weighted by atomic mass is 32.2. The van der Waals surface area contributed by atoms with Crippen molar-refractivity contribution in [3.8, 4) is 22.9 Å². The molecule has 1 saturated heterocycles. The summed E-state index contributed by atoms with van der Waals surface area (Å²) >= 11 is 1.22. The highest BCUT2D eigenvalue weighted by Gasteiger charge is 2.32. The average molecular weight is 458 g/mol. The minimum Gasteiger partial charge on any atom is -0.497 e. The molecule has 10 heteroatoms. The predicted molar refractivity (Wildman–Crippen MR) is 120 cm³/mol. The lowest BCUT2D eigenvalue weighted by molar-refractivity contribution is -0.129. The Morgan fingerprint density at radius 1 is 1.19 bits per heavy atom. The molecule has 1 fully saturated rings. The summed E-state index contributed by atoms with van der Waals surface area (Å²) in [6.45, 7) is 0.667. The summed E-state index contributed by atoms with van der Waals surface area (Å²) in [5.74, 6) is 7.78. The van der Waals surface area contributed by atoms with E-state index < -0.39 is 0 Å². The van der Waals surface area contributed by atoms with Crippen LogP contribution in [-0.2, 0) is 4.79 Å². The van der Waals surface area contributed by atoms with Gasteiger partial charge in [0.2, 0.25) is 11.1 Å². The minimum absolute atomic E-state index is 0.0197. The second kappa shape index (κ2) is 9.47. The van der Waals surface area contributed by atoms with Crippen LogP contribution in [0, 0.1) is 5.82 Å². The van der Waals surface area contributed by atoms with E-state index in [1.807, 2.05) is 23.1 Å². The van der Waals surface area contributed by atoms with Gasteiger partial charge in [0.15, 0.2) is 5.82 Å². The van der Waals surface area contributed by atoms with Gasteiger partial charge in [-0.2, -0.15) is 0 Å². The number of amides is 1. The molecule has 0 bridgehead atoms. The van der Waals surface area contributed by atoms with Crippen LogP contribution in [0.2, 0.25) is 0 Å². The molecule has 0 spiro atoms. The number of thioether (sulfide) groups is 1. The molecule has 1 unspecified atom stereocenters. The number of hydrogen-bond acceptors (Lipinski definition) is 7. The van der Waals surface area contributed by atoms with E-state index in [9.17, 15) is 9.18 Å². The Morgan fingerprint density at radius 3 is 2.69 bits per heavy atom. The van der Waals surface area contributed by atoms with Crippen LogP contribution in [0.25, 0.3) is 11.4 Å². The van der Waals surface area contributed by atoms with Crippen LogP contribution < -0.4 is 15.3 Å². The van der Waals surface area contributed by atoms with Crippen molar-refractivity contribution < 1.29 is 18.7 Å². The molecule has 1 amide bonds. The maximum absolute atomic E-state index is 13.2. The summed E-state index contributed by atoms with van der Waals surface area (Å²) in [4.78, 5) is 14.9. The Morgan fingerprint density at radius 2 is 1.97 bits per heavy atom. The number of methoxy groups -OCH3 is 2. The van der Waals surface area contributed by atoms with Crippen molar-refractivity contribution in [2.45, 2.75) is 24.0 Å². The first kappa shape index (κ1) is 21.9. The largest absolute Gasteiger partial charge is 0.497 e. The van der Waals surface area contributed by atoms with Gasteiger partial charge in [0, 0.05) is 17.7 Å². The van der Waals surface area contributed by atoms with Gasteiger partial charge in [0.05, 0.1) is 26.0 Å². The number of carbonyl (C=O) groups excluding carboxylic acids is 1. The summed E-state index contributed by atoms with van der Waals surface area (Å²) in [5, 5.41) is 8.58. The second-order valence-corrected chi connectivity index (χ2v) is 8.27. The quantitative estimate of drug-likeness (QED) is 0.430. The lowest BCUT2D eigenvalue weighted by atomic mass is 10.0. The summed E-state index contributed by atoms with van der Waals surface area (Å²) in [5.41, 5.74) is 1.58. The number of ether oxygens (including phenoxy) is 2. The van der Waals surface area contributed by atoms with Crippen LogP contribution in [0.1, 0.15) is 24.4 Å². The maximum atomic E-state index is 13.2. The average Bonchev–Trinajstić information content (AvgIpc) is 3.44. The number of nitrogens with zero attached hydrogens (tertiary/aromatic N) is 4. The van der Waals surface area contributed by atoms with Gasteiger partial charge >= 0.3 is 0 Å². The van der Waals surface area contributed by atoms with E-state index in [2.05, 4.69) is 10.2 Å². The molecule has 0 radical (unpaired) electrons. The van der Waals surface area contributed by atoms with Gasteiger partial charge in [-0.15, -0.1) is 10.2 Å². The normalized spacial score (nSPS) is 15.7. The fourth-order valence-electron chi connectivity index (χ4n) is 3.87. The molecule has 1 aromatic heterocycles. The molecule has 2 N–H and O–H groups in total. The molecule has 1 aliphatic rings. The number of likely N-dealkylation sites (tertiary alicyclic amines) is 1. The SMILES string of the molecule is COc1ccc(OC)c(C2CCCN2C(=O)CSc2nnc(-c3ccc(F)cc3)n2N)c1. The van der Waals surface area contributed by atoms with Crippen LogP contribution in [0.5, 0.6) is 11.5 Å². The van der Waals surface area contributed by atoms with Crippen molar-refractivity contribution in [3.05, 3.63) is 53.8 Å². The zero-order valence-corrected chi connectivity index (χ0v) is 18.6. The van der Waals surface area contributed by atoms with Gasteiger partial charge in [-0.25, -0.2) is 9.07 Å². The van der Waals surface area contributed by atoms with E-state index in [1.165, 1.54) is 28.6 Å². The zero-order valence-electron chi connectivity index (χ0n) is 17.8. The molecule has 1 atom stereocenters. The molecule has 4 rings (SSSR count). The first-order valence-electron chi connectivity index (χ1n) is 10.1. The lowest BCUT2D eigenvalue weighted by Gasteiger charge is -2.26. The Kier molecular flexibility index (Phi) is 6.50. The van der Waals surface area contributed by atoms with Crippen LogP contribution >= 0.6 is 11.8 Å². The fourth-order valence-corrected chi connectivity index (χ4v) is 4.61. The van der Waals surface area contributed by atoms with Crippen molar-refractivity contribution in [2.75, 3.05) is 32.4 Å². The number of nitrogens with two attached hydrogens (primary N) is 1. The number of rotatable bonds is 7. The third-order valence-electron chi connectivity index (χ3n) is 5.46. The summed E-state index contributed by atoms with van der Waals surface area (Å²) in [6.07, 6.45) is 1.75. The number of hydrogen-bond donors (Lipinski definition) is 1. The smallest absolute Gasteiger partial charge is 0.233 e. The molecule has 168 valence electrons. The fraction of sp³-hybridized carbons (Fsp3) is 0.318. The number of aromatic nitrogens is 3. The number of nitrogen functional groups attached to an aromatic ring is 1. The number of halogens is 1. The van der Waals surface area contributed by atoms with Crippen molar-refractivity contribution in [1.29, 1.82) is 0 Å². The third kappa shape index (κ3) is 4.36. The Hall–Kier alpha value is -3.27. The van der Waals surface area contributed by atoms with Crippen LogP contribution in [-0.4, -0.2) is 52.2 Å². The zero-order chi connectivity index (χ0) is 22.7. The van der Waals surface area contributed by atoms with Gasteiger partial charge < -0.3 is 20.2 Å². The molecule has 0 saturated carbocycles. The van der Waals surface area contributed by atoms with Crippen LogP contribution in [0.4, 0.5) is 4.39 Å². The van der Waals surface area contributed by atoms with Crippen LogP contribution in [0.3, 0.4) is 0 Å². The summed E-state index contributed by atoms with van der Waals surface area (Å²) in [6, 6.07) is 11.4. The molecule has 3 aromatic rings. The predicted octanol–water partition coefficient (Wildman–Crippen LogP) is 3.27. The highest BCUT2D eigenvalue weighted by molar-refractivity contribution is 7.99. The van der Waals surface area contributed by atoms with Crippen molar-refractivity contribution >= 4 is 17.7 Å². The van der Waals surface area contributed by atoms with E-state index in [1.54, 1.807) is 26.4 Å². The van der Waals surface area contributed by atoms with E-state index in [0.29, 0.717) is 23.1 Å². The first-order chi connectivity index (χ1) is 15.5. The Balaban J connectivity index is 1.47. The van der Waals surface area contributed by atoms with Gasteiger partial charge in [-0.1, -0.05) is 11.8 Å². The molecule has 2 aromatic carbocycles. The minimum atomic E-state index is -0.343. The van der Waals surface area contributed by atoms with E-state index in [4.69, 9.17) is 15.3 Å². The molecule has 1 aliphatic heterocycles. The molecule has 2 heterocycles. The number of carbonyl (C=O) groups is 1. The second-order valence-electron chi connectivity index (χ2n) is 7.32. The van der Waals surface area contributed by atoms with E-state index >= 15 is 0 Å². The molecule has 0 aliphatic carbocycles. The lowest BCUT2D eigenvalue weighted by Crippen LogP contribution is -2.32. The monoisotopic (exact) mass is 457 g/mol. The Bertz CT molecular complexity index is 1110. The topological polar surface area (TPSA) is 95.5 Å². The standard InChI is InChI=1S/C22H24FN5O3S/c1-30-16-9-10-19(31-2)17(12-16)18-4-3-11-27(18)20(29)13-32-22-26-25-21(28(22)24)14-5-7-15(23)8-6-14/h5-10,12,18H,3-4,11,13,24H2,1-2H3. The van der Waals surface area contributed by atoms with Crippen molar-refractivity contribution in [3.63, 3.8) is 0 Å². The third-order valence-corrected chi connectivity index (χ3v) is 6.39. The van der Waals surface area contributed by atoms with Crippen molar-refractivity contribution in [1.82, 2.24) is 19.8 Å². The Labute approximate surface area is 189 Å². The summed E-state index contributed by atoms with van der Waals surface area (Å²) in [7, 11) is 3.23. The van der Waals surface area contributed by atoms with Crippen LogP contribution in [0.15, 0.2) is 47.6 Å². The van der Waals surface area contributed by atoms with Gasteiger partial charge in [0.1, 0.15) is 17.3 Å². The first-order valence-corrected chi connectivity index (χ1v) is 11.1. The highest BCUT2D eigenvalue weighted by Crippen LogP contribution is 2.39. The van der Waals surface area contributed by atoms with E-state index in [0.717, 1.165) is 29.9 Å². The summed E-state index contributed by atoms with van der Waals surface area (Å²) < 4.78 is 25.4. The molecular weight excluding hydrogens is 433 g/mol. The molecular formula is C22H24FN5O3S. The molecule has 32 heavy (non-hydrogen) atoms. The molecule has 8 nitrogen and oxygen atoms in total. The number of benzene rings is 2. The maximum Gasteiger partial charge on any atom is 0.233 e.